The van der Waals surface area contributed by atoms with Gasteiger partial charge in [-0.05, 0) is 49.6 Å². The highest BCUT2D eigenvalue weighted by molar-refractivity contribution is 5.94. The normalized spacial score (nSPS) is 14.8. The monoisotopic (exact) mass is 467 g/mol. The van der Waals surface area contributed by atoms with Crippen molar-refractivity contribution in [3.05, 3.63) is 59.2 Å². The largest absolute Gasteiger partial charge is 0.493 e. The number of aryl methyl sites for hydroxylation is 1. The third-order valence-corrected chi connectivity index (χ3v) is 5.98. The van der Waals surface area contributed by atoms with Crippen molar-refractivity contribution in [2.24, 2.45) is 0 Å². The number of rotatable bonds is 8. The lowest BCUT2D eigenvalue weighted by Gasteiger charge is -2.33. The minimum Gasteiger partial charge on any atom is -0.493 e. The van der Waals surface area contributed by atoms with E-state index in [2.05, 4.69) is 10.6 Å². The Labute approximate surface area is 200 Å². The van der Waals surface area contributed by atoms with E-state index < -0.39 is 6.04 Å². The molecule has 2 aromatic carbocycles. The number of piperidine rings is 1. The van der Waals surface area contributed by atoms with Gasteiger partial charge in [0, 0.05) is 38.0 Å². The maximum atomic E-state index is 13.0. The SMILES string of the molecule is COc1ccc(C[C@H](NC(C)=O)C(=O)NC2CCN(C(=O)c3cccc(C)c3)CC2)cc1OC. The maximum absolute atomic E-state index is 13.0. The third-order valence-electron chi connectivity index (χ3n) is 5.98. The van der Waals surface area contributed by atoms with E-state index in [0.717, 1.165) is 11.1 Å². The quantitative estimate of drug-likeness (QED) is 0.622. The fraction of sp³-hybridized carbons (Fsp3) is 0.423. The van der Waals surface area contributed by atoms with Crippen LogP contribution in [0.15, 0.2) is 42.5 Å². The van der Waals surface area contributed by atoms with Crippen LogP contribution in [0.3, 0.4) is 0 Å². The van der Waals surface area contributed by atoms with Gasteiger partial charge in [-0.25, -0.2) is 0 Å². The molecule has 0 spiro atoms. The second-order valence-electron chi connectivity index (χ2n) is 8.59. The molecule has 0 saturated carbocycles. The van der Waals surface area contributed by atoms with Crippen molar-refractivity contribution in [1.82, 2.24) is 15.5 Å². The molecule has 2 N–H and O–H groups in total. The predicted molar refractivity (Wildman–Crippen MR) is 129 cm³/mol. The van der Waals surface area contributed by atoms with Gasteiger partial charge >= 0.3 is 0 Å². The zero-order valence-electron chi connectivity index (χ0n) is 20.2. The summed E-state index contributed by atoms with van der Waals surface area (Å²) in [5, 5.41) is 5.81. The van der Waals surface area contributed by atoms with Crippen molar-refractivity contribution < 1.29 is 23.9 Å². The van der Waals surface area contributed by atoms with E-state index in [1.54, 1.807) is 26.4 Å². The molecule has 1 saturated heterocycles. The molecule has 1 atom stereocenters. The highest BCUT2D eigenvalue weighted by Gasteiger charge is 2.28. The third kappa shape index (κ3) is 6.50. The van der Waals surface area contributed by atoms with Crippen molar-refractivity contribution in [3.8, 4) is 11.5 Å². The molecule has 3 rings (SSSR count). The molecule has 8 nitrogen and oxygen atoms in total. The molecule has 0 radical (unpaired) electrons. The van der Waals surface area contributed by atoms with E-state index in [1.165, 1.54) is 6.92 Å². The number of carbonyl (C=O) groups excluding carboxylic acids is 3. The number of nitrogens with zero attached hydrogens (tertiary/aromatic N) is 1. The Balaban J connectivity index is 1.60. The number of hydrogen-bond donors (Lipinski definition) is 2. The first kappa shape index (κ1) is 25.1. The number of hydrogen-bond acceptors (Lipinski definition) is 5. The highest BCUT2D eigenvalue weighted by Crippen LogP contribution is 2.28. The summed E-state index contributed by atoms with van der Waals surface area (Å²) >= 11 is 0. The van der Waals surface area contributed by atoms with E-state index in [1.807, 2.05) is 42.2 Å². The molecule has 1 aliphatic rings. The number of nitrogens with one attached hydrogen (secondary N) is 2. The Morgan fingerprint density at radius 1 is 1.03 bits per heavy atom. The van der Waals surface area contributed by atoms with Crippen LogP contribution in [0.4, 0.5) is 0 Å². The van der Waals surface area contributed by atoms with Gasteiger partial charge in [0.25, 0.3) is 5.91 Å². The van der Waals surface area contributed by atoms with Crippen LogP contribution in [0.2, 0.25) is 0 Å². The summed E-state index contributed by atoms with van der Waals surface area (Å²) < 4.78 is 10.6. The number of ether oxygens (including phenoxy) is 2. The van der Waals surface area contributed by atoms with Crippen LogP contribution in [0.5, 0.6) is 11.5 Å². The van der Waals surface area contributed by atoms with Gasteiger partial charge in [0.15, 0.2) is 11.5 Å². The van der Waals surface area contributed by atoms with E-state index in [0.29, 0.717) is 49.4 Å². The fourth-order valence-corrected chi connectivity index (χ4v) is 4.19. The second-order valence-corrected chi connectivity index (χ2v) is 8.59. The zero-order chi connectivity index (χ0) is 24.7. The Bertz CT molecular complexity index is 1030. The maximum Gasteiger partial charge on any atom is 0.253 e. The molecule has 1 aliphatic heterocycles. The molecule has 0 bridgehead atoms. The van der Waals surface area contributed by atoms with Crippen LogP contribution < -0.4 is 20.1 Å². The fourth-order valence-electron chi connectivity index (χ4n) is 4.19. The number of benzene rings is 2. The topological polar surface area (TPSA) is 97.0 Å². The summed E-state index contributed by atoms with van der Waals surface area (Å²) in [7, 11) is 3.11. The van der Waals surface area contributed by atoms with E-state index in [9.17, 15) is 14.4 Å². The van der Waals surface area contributed by atoms with Crippen LogP contribution in [0.1, 0.15) is 41.3 Å². The van der Waals surface area contributed by atoms with Crippen molar-refractivity contribution in [2.45, 2.75) is 45.2 Å². The zero-order valence-corrected chi connectivity index (χ0v) is 20.2. The predicted octanol–water partition coefficient (Wildman–Crippen LogP) is 2.48. The van der Waals surface area contributed by atoms with Gasteiger partial charge in [0.05, 0.1) is 14.2 Å². The van der Waals surface area contributed by atoms with Crippen molar-refractivity contribution in [2.75, 3.05) is 27.3 Å². The molecule has 182 valence electrons. The molecule has 34 heavy (non-hydrogen) atoms. The van der Waals surface area contributed by atoms with Gasteiger partial charge in [0.2, 0.25) is 11.8 Å². The summed E-state index contributed by atoms with van der Waals surface area (Å²) in [5.41, 5.74) is 2.57. The Hall–Kier alpha value is -3.55. The smallest absolute Gasteiger partial charge is 0.253 e. The minimum atomic E-state index is -0.720. The first-order valence-electron chi connectivity index (χ1n) is 11.4. The van der Waals surface area contributed by atoms with E-state index >= 15 is 0 Å². The van der Waals surface area contributed by atoms with Crippen LogP contribution in [0, 0.1) is 6.92 Å². The average molecular weight is 468 g/mol. The molecule has 0 unspecified atom stereocenters. The molecular weight excluding hydrogens is 434 g/mol. The standard InChI is InChI=1S/C26H33N3O5/c1-17-6-5-7-20(14-17)26(32)29-12-10-21(11-13-29)28-25(31)22(27-18(2)30)15-19-8-9-23(33-3)24(16-19)34-4/h5-9,14,16,21-22H,10-13,15H2,1-4H3,(H,27,30)(H,28,31)/t22-/m0/s1. The molecule has 0 aromatic heterocycles. The van der Waals surface area contributed by atoms with Gasteiger partial charge < -0.3 is 25.0 Å². The number of amides is 3. The minimum absolute atomic E-state index is 0.0121. The van der Waals surface area contributed by atoms with Crippen molar-refractivity contribution in [1.29, 1.82) is 0 Å². The number of methoxy groups -OCH3 is 2. The summed E-state index contributed by atoms with van der Waals surface area (Å²) in [4.78, 5) is 39.4. The lowest BCUT2D eigenvalue weighted by Crippen LogP contribution is -2.53. The van der Waals surface area contributed by atoms with Crippen LogP contribution in [-0.2, 0) is 16.0 Å². The highest BCUT2D eigenvalue weighted by atomic mass is 16.5. The van der Waals surface area contributed by atoms with Gasteiger partial charge in [-0.3, -0.25) is 14.4 Å². The molecular formula is C26H33N3O5. The Morgan fingerprint density at radius 3 is 2.35 bits per heavy atom. The molecule has 1 fully saturated rings. The number of carbonyl (C=O) groups is 3. The molecule has 0 aliphatic carbocycles. The molecule has 3 amide bonds. The van der Waals surface area contributed by atoms with Gasteiger partial charge in [-0.2, -0.15) is 0 Å². The van der Waals surface area contributed by atoms with Gasteiger partial charge in [-0.1, -0.05) is 23.8 Å². The average Bonchev–Trinajstić information content (AvgIpc) is 2.83. The van der Waals surface area contributed by atoms with Crippen LogP contribution >= 0.6 is 0 Å². The first-order valence-corrected chi connectivity index (χ1v) is 11.4. The van der Waals surface area contributed by atoms with Crippen LogP contribution in [0.25, 0.3) is 0 Å². The number of likely N-dealkylation sites (tertiary alicyclic amines) is 1. The van der Waals surface area contributed by atoms with Gasteiger partial charge in [0.1, 0.15) is 6.04 Å². The lowest BCUT2D eigenvalue weighted by atomic mass is 10.0. The first-order chi connectivity index (χ1) is 16.3. The molecule has 1 heterocycles. The van der Waals surface area contributed by atoms with E-state index in [4.69, 9.17) is 9.47 Å². The van der Waals surface area contributed by atoms with Gasteiger partial charge in [-0.15, -0.1) is 0 Å². The van der Waals surface area contributed by atoms with Crippen LogP contribution in [-0.4, -0.2) is 62.0 Å². The Kier molecular flexibility index (Phi) is 8.51. The lowest BCUT2D eigenvalue weighted by molar-refractivity contribution is -0.128. The summed E-state index contributed by atoms with van der Waals surface area (Å²) in [6, 6.07) is 12.2. The Morgan fingerprint density at radius 2 is 1.74 bits per heavy atom. The van der Waals surface area contributed by atoms with Crippen molar-refractivity contribution in [3.63, 3.8) is 0 Å². The summed E-state index contributed by atoms with van der Waals surface area (Å²) in [6.07, 6.45) is 1.63. The second kappa shape index (κ2) is 11.5. The summed E-state index contributed by atoms with van der Waals surface area (Å²) in [5.74, 6) is 0.650. The molecule has 8 heteroatoms. The van der Waals surface area contributed by atoms with Crippen molar-refractivity contribution >= 4 is 17.7 Å². The van der Waals surface area contributed by atoms with E-state index in [-0.39, 0.29) is 23.8 Å². The molecule has 2 aromatic rings. The summed E-state index contributed by atoms with van der Waals surface area (Å²) in [6.45, 7) is 4.49.